The monoisotopic (exact) mass is 324 g/mol. The first-order valence-electron chi connectivity index (χ1n) is 0. The summed E-state index contributed by atoms with van der Waals surface area (Å²) < 4.78 is 0. The molecular weight excluding hydrogens is 318 g/mol. The van der Waals surface area contributed by atoms with Gasteiger partial charge in [0.2, 0.25) is 0 Å². The Balaban J connectivity index is 0. The van der Waals surface area contributed by atoms with Crippen molar-refractivity contribution < 1.29 is 57.5 Å². The van der Waals surface area contributed by atoms with E-state index >= 15 is 0 Å². The molecule has 4 nitrogen and oxygen atoms in total. The molecule has 0 spiro atoms. The van der Waals surface area contributed by atoms with E-state index in [1.165, 1.54) is 0 Å². The van der Waals surface area contributed by atoms with Crippen LogP contribution in [-0.2, 0) is 0 Å². The molecule has 0 aromatic heterocycles. The van der Waals surface area contributed by atoms with E-state index in [0.717, 1.165) is 0 Å². The first kappa shape index (κ1) is 88.5. The fourth-order valence-electron chi connectivity index (χ4n) is 0. The molecule has 0 fully saturated rings. The van der Waals surface area contributed by atoms with Gasteiger partial charge in [-0.15, -0.1) is 0 Å². The van der Waals surface area contributed by atoms with E-state index in [2.05, 4.69) is 0 Å². The van der Waals surface area contributed by atoms with Gasteiger partial charge in [0, 0.05) is 53.0 Å². The van der Waals surface area contributed by atoms with Crippen LogP contribution in [0.25, 0.3) is 0 Å². The third-order valence-corrected chi connectivity index (χ3v) is 0. The van der Waals surface area contributed by atoms with Crippen LogP contribution in [0.3, 0.4) is 0 Å². The molecular formula is H6AlLaO4Sr. The Hall–Kier alpha value is 3.05. The van der Waals surface area contributed by atoms with Crippen molar-refractivity contribution in [1.82, 2.24) is 0 Å². The Morgan fingerprint density at radius 2 is 0.714 bits per heavy atom. The standard InChI is InChI=1S/Al.La.4H2O.Sr/h;;4*1H2;/q;;;;;;+2/p-2. The van der Waals surface area contributed by atoms with Crippen molar-refractivity contribution in [2.45, 2.75) is 0 Å². The molecule has 0 heterocycles. The van der Waals surface area contributed by atoms with E-state index in [0.29, 0.717) is 0 Å². The summed E-state index contributed by atoms with van der Waals surface area (Å²) in [5.41, 5.74) is 0. The summed E-state index contributed by atoms with van der Waals surface area (Å²) in [6.07, 6.45) is 0. The second-order valence-electron chi connectivity index (χ2n) is 0. The molecule has 0 saturated carbocycles. The minimum Gasteiger partial charge on any atom is -0.870 e. The summed E-state index contributed by atoms with van der Waals surface area (Å²) in [5.74, 6) is 0. The van der Waals surface area contributed by atoms with E-state index in [4.69, 9.17) is 0 Å². The van der Waals surface area contributed by atoms with Crippen molar-refractivity contribution in [2.24, 2.45) is 0 Å². The molecule has 6 N–H and O–H groups in total. The Morgan fingerprint density at radius 3 is 0.714 bits per heavy atom. The SMILES string of the molecule is O.O.[Al].[La].[OH-].[OH-].[Sr+2]. The largest absolute Gasteiger partial charge is 2.00 e. The summed E-state index contributed by atoms with van der Waals surface area (Å²) in [7, 11) is 0. The second kappa shape index (κ2) is 63.1. The quantitative estimate of drug-likeness (QED) is 0.448. The van der Waals surface area contributed by atoms with E-state index in [-0.39, 0.29) is 120 Å². The van der Waals surface area contributed by atoms with Crippen LogP contribution in [0.15, 0.2) is 0 Å². The van der Waals surface area contributed by atoms with Crippen molar-refractivity contribution in [3.63, 3.8) is 0 Å². The van der Waals surface area contributed by atoms with Gasteiger partial charge in [-0.3, -0.25) is 0 Å². The van der Waals surface area contributed by atoms with Gasteiger partial charge in [0.25, 0.3) is 0 Å². The van der Waals surface area contributed by atoms with E-state index in [9.17, 15) is 0 Å². The van der Waals surface area contributed by atoms with Gasteiger partial charge in [0.1, 0.15) is 0 Å². The molecule has 0 unspecified atom stereocenters. The molecule has 0 bridgehead atoms. The first-order valence-corrected chi connectivity index (χ1v) is 0. The summed E-state index contributed by atoms with van der Waals surface area (Å²) in [4.78, 5) is 0. The predicted octanol–water partition coefficient (Wildman–Crippen LogP) is -2.76. The van der Waals surface area contributed by atoms with Gasteiger partial charge >= 0.3 is 45.5 Å². The minimum atomic E-state index is 0. The molecule has 7 heavy (non-hydrogen) atoms. The molecule has 0 aromatic rings. The molecule has 4 radical (unpaired) electrons. The Bertz CT molecular complexity index is 11.7. The van der Waals surface area contributed by atoms with Gasteiger partial charge in [0.05, 0.1) is 0 Å². The molecule has 0 saturated heterocycles. The molecule has 38 valence electrons. The molecule has 0 aromatic carbocycles. The first-order chi connectivity index (χ1) is 0. The molecule has 7 heteroatoms. The van der Waals surface area contributed by atoms with Crippen LogP contribution in [0.1, 0.15) is 0 Å². The fourth-order valence-corrected chi connectivity index (χ4v) is 0. The maximum Gasteiger partial charge on any atom is 2.00 e. The third kappa shape index (κ3) is 48.4. The zero-order valence-electron chi connectivity index (χ0n) is 3.76. The minimum absolute atomic E-state index is 0. The van der Waals surface area contributed by atoms with Gasteiger partial charge in [-0.05, 0) is 0 Å². The normalized spacial score (nSPS) is 0. The van der Waals surface area contributed by atoms with Crippen molar-refractivity contribution in [3.05, 3.63) is 0 Å². The average molecular weight is 324 g/mol. The Kier molecular flexibility index (Phi) is 798. The van der Waals surface area contributed by atoms with Crippen LogP contribution in [0.4, 0.5) is 0 Å². The van der Waals surface area contributed by atoms with Gasteiger partial charge in [-0.1, -0.05) is 0 Å². The summed E-state index contributed by atoms with van der Waals surface area (Å²) in [6.45, 7) is 0. The van der Waals surface area contributed by atoms with Crippen LogP contribution < -0.4 is 0 Å². The van der Waals surface area contributed by atoms with Crippen LogP contribution in [0, 0.1) is 35.6 Å². The summed E-state index contributed by atoms with van der Waals surface area (Å²) >= 11 is 0. The average Bonchev–Trinajstić information content (AvgIpc) is 0. The third-order valence-electron chi connectivity index (χ3n) is 0. The molecule has 0 atom stereocenters. The topological polar surface area (TPSA) is 123 Å². The predicted molar refractivity (Wildman–Crippen MR) is 22.6 cm³/mol. The van der Waals surface area contributed by atoms with Crippen molar-refractivity contribution in [1.29, 1.82) is 0 Å². The fraction of sp³-hybridized carbons (Fsp3) is 0. The summed E-state index contributed by atoms with van der Waals surface area (Å²) in [5, 5.41) is 0. The van der Waals surface area contributed by atoms with Crippen LogP contribution in [0.2, 0.25) is 0 Å². The molecule has 0 amide bonds. The zero-order valence-corrected chi connectivity index (χ0v) is 12.0. The second-order valence-corrected chi connectivity index (χ2v) is 0. The maximum absolute atomic E-state index is 0. The van der Waals surface area contributed by atoms with Gasteiger partial charge < -0.3 is 21.9 Å². The van der Waals surface area contributed by atoms with Crippen LogP contribution >= 0.6 is 0 Å². The number of hydrogen-bond acceptors (Lipinski definition) is 2. The molecule has 0 aliphatic rings. The number of rotatable bonds is 0. The maximum atomic E-state index is 0. The number of hydrogen-bond donors (Lipinski definition) is 0. The van der Waals surface area contributed by atoms with Gasteiger partial charge in [-0.2, -0.15) is 0 Å². The van der Waals surface area contributed by atoms with Crippen LogP contribution in [-0.4, -0.2) is 84.7 Å². The van der Waals surface area contributed by atoms with Crippen molar-refractivity contribution in [3.8, 4) is 0 Å². The zero-order chi connectivity index (χ0) is 0. The van der Waals surface area contributed by atoms with Crippen molar-refractivity contribution in [2.75, 3.05) is 0 Å². The Labute approximate surface area is 118 Å². The molecule has 0 aliphatic heterocycles. The van der Waals surface area contributed by atoms with E-state index in [1.54, 1.807) is 0 Å². The molecule has 0 aliphatic carbocycles. The van der Waals surface area contributed by atoms with Gasteiger partial charge in [0.15, 0.2) is 0 Å². The van der Waals surface area contributed by atoms with Crippen molar-refractivity contribution >= 4 is 62.8 Å². The van der Waals surface area contributed by atoms with Gasteiger partial charge in [-0.25, -0.2) is 0 Å². The smallest absolute Gasteiger partial charge is 0.870 e. The van der Waals surface area contributed by atoms with E-state index < -0.39 is 0 Å². The summed E-state index contributed by atoms with van der Waals surface area (Å²) in [6, 6.07) is 0. The molecule has 0 rings (SSSR count). The Morgan fingerprint density at radius 1 is 0.714 bits per heavy atom. The van der Waals surface area contributed by atoms with Crippen LogP contribution in [0.5, 0.6) is 0 Å². The van der Waals surface area contributed by atoms with E-state index in [1.807, 2.05) is 0 Å².